The summed E-state index contributed by atoms with van der Waals surface area (Å²) in [5.74, 6) is 0.574. The minimum atomic E-state index is 0.517. The number of aldehydes is 1. The maximum absolute atomic E-state index is 11.1. The zero-order valence-electron chi connectivity index (χ0n) is 10.2. The molecule has 2 heterocycles. The molecule has 3 aromatic rings. The molecule has 98 valence electrons. The number of rotatable bonds is 3. The van der Waals surface area contributed by atoms with E-state index in [1.165, 1.54) is 11.3 Å². The van der Waals surface area contributed by atoms with Crippen LogP contribution in [0.3, 0.4) is 0 Å². The zero-order valence-corrected chi connectivity index (χ0v) is 11.7. The molecule has 0 unspecified atom stereocenters. The van der Waals surface area contributed by atoms with Crippen LogP contribution < -0.4 is 0 Å². The Morgan fingerprint density at radius 2 is 1.95 bits per heavy atom. The number of hydrogen-bond acceptors (Lipinski definition) is 5. The summed E-state index contributed by atoms with van der Waals surface area (Å²) in [6, 6.07) is 5.14. The molecular weight excluding hydrogens is 294 g/mol. The molecule has 0 aliphatic carbocycles. The van der Waals surface area contributed by atoms with Gasteiger partial charge in [-0.2, -0.15) is 0 Å². The van der Waals surface area contributed by atoms with Gasteiger partial charge in [0.05, 0.1) is 0 Å². The average Bonchev–Trinajstić information content (AvgIpc) is 3.01. The van der Waals surface area contributed by atoms with E-state index in [0.717, 1.165) is 22.4 Å². The molecule has 0 radical (unpaired) electrons. The summed E-state index contributed by atoms with van der Waals surface area (Å²) in [5, 5.41) is 3.16. The molecule has 0 fully saturated rings. The Morgan fingerprint density at radius 3 is 2.60 bits per heavy atom. The van der Waals surface area contributed by atoms with Crippen molar-refractivity contribution >= 4 is 29.2 Å². The summed E-state index contributed by atoms with van der Waals surface area (Å²) in [6.07, 6.45) is 5.84. The molecule has 0 amide bonds. The van der Waals surface area contributed by atoms with Crippen LogP contribution in [0.5, 0.6) is 0 Å². The predicted octanol–water partition coefficient (Wildman–Crippen LogP) is 3.73. The zero-order chi connectivity index (χ0) is 13.9. The van der Waals surface area contributed by atoms with Gasteiger partial charge in [0.15, 0.2) is 17.1 Å². The van der Waals surface area contributed by atoms with Crippen LogP contribution in [0, 0.1) is 0 Å². The van der Waals surface area contributed by atoms with E-state index >= 15 is 0 Å². The maximum atomic E-state index is 11.1. The van der Waals surface area contributed by atoms with Gasteiger partial charge in [-0.1, -0.05) is 17.7 Å². The lowest BCUT2D eigenvalue weighted by Crippen LogP contribution is -1.92. The Balaban J connectivity index is 2.01. The van der Waals surface area contributed by atoms with E-state index in [1.807, 2.05) is 5.38 Å². The van der Waals surface area contributed by atoms with E-state index in [-0.39, 0.29) is 0 Å². The van der Waals surface area contributed by atoms with Gasteiger partial charge in [-0.3, -0.25) is 4.79 Å². The first-order chi connectivity index (χ1) is 9.78. The highest BCUT2D eigenvalue weighted by molar-refractivity contribution is 7.12. The van der Waals surface area contributed by atoms with Crippen molar-refractivity contribution in [3.63, 3.8) is 0 Å². The second kappa shape index (κ2) is 5.48. The SMILES string of the molecule is O=Cc1cc(Cl)ccc1-c1cnc(-c2nccs2)nc1. The number of thiazole rings is 1. The molecule has 4 nitrogen and oxygen atoms in total. The molecule has 20 heavy (non-hydrogen) atoms. The van der Waals surface area contributed by atoms with E-state index in [2.05, 4.69) is 15.0 Å². The molecule has 0 saturated carbocycles. The van der Waals surface area contributed by atoms with Crippen molar-refractivity contribution in [3.8, 4) is 22.0 Å². The predicted molar refractivity (Wildman–Crippen MR) is 79.0 cm³/mol. The highest BCUT2D eigenvalue weighted by Gasteiger charge is 2.08. The highest BCUT2D eigenvalue weighted by Crippen LogP contribution is 2.26. The standard InChI is InChI=1S/C14H8ClN3OS/c15-11-1-2-12(9(5-11)8-19)10-6-17-13(18-7-10)14-16-3-4-20-14/h1-8H. The minimum absolute atomic E-state index is 0.517. The van der Waals surface area contributed by atoms with Gasteiger partial charge in [0.1, 0.15) is 0 Å². The molecule has 0 saturated heterocycles. The van der Waals surface area contributed by atoms with Crippen molar-refractivity contribution in [1.82, 2.24) is 15.0 Å². The summed E-state index contributed by atoms with van der Waals surface area (Å²) in [7, 11) is 0. The van der Waals surface area contributed by atoms with Crippen molar-refractivity contribution in [2.24, 2.45) is 0 Å². The normalized spacial score (nSPS) is 10.4. The van der Waals surface area contributed by atoms with E-state index in [9.17, 15) is 4.79 Å². The van der Waals surface area contributed by atoms with E-state index in [0.29, 0.717) is 16.4 Å². The average molecular weight is 302 g/mol. The fourth-order valence-corrected chi connectivity index (χ4v) is 2.57. The Morgan fingerprint density at radius 1 is 1.15 bits per heavy atom. The number of nitrogens with zero attached hydrogens (tertiary/aromatic N) is 3. The Kier molecular flexibility index (Phi) is 3.54. The van der Waals surface area contributed by atoms with Gasteiger partial charge in [0, 0.05) is 40.1 Å². The van der Waals surface area contributed by atoms with Crippen LogP contribution in [0.1, 0.15) is 10.4 Å². The first-order valence-electron chi connectivity index (χ1n) is 5.75. The van der Waals surface area contributed by atoms with Crippen LogP contribution in [0.2, 0.25) is 5.02 Å². The second-order valence-electron chi connectivity index (χ2n) is 3.98. The maximum Gasteiger partial charge on any atom is 0.188 e. The van der Waals surface area contributed by atoms with Gasteiger partial charge in [0.25, 0.3) is 0 Å². The first-order valence-corrected chi connectivity index (χ1v) is 7.00. The lowest BCUT2D eigenvalue weighted by molar-refractivity contribution is 0.112. The summed E-state index contributed by atoms with van der Waals surface area (Å²) in [4.78, 5) is 23.8. The third-order valence-electron chi connectivity index (χ3n) is 2.73. The lowest BCUT2D eigenvalue weighted by Gasteiger charge is -2.05. The summed E-state index contributed by atoms with van der Waals surface area (Å²) in [6.45, 7) is 0. The minimum Gasteiger partial charge on any atom is -0.298 e. The molecule has 0 N–H and O–H groups in total. The van der Waals surface area contributed by atoms with Crippen LogP contribution >= 0.6 is 22.9 Å². The fraction of sp³-hybridized carbons (Fsp3) is 0. The monoisotopic (exact) mass is 301 g/mol. The first kappa shape index (κ1) is 12.9. The van der Waals surface area contributed by atoms with Gasteiger partial charge in [-0.05, 0) is 17.7 Å². The summed E-state index contributed by atoms with van der Waals surface area (Å²) in [5.41, 5.74) is 2.04. The van der Waals surface area contributed by atoms with Crippen LogP contribution in [0.4, 0.5) is 0 Å². The van der Waals surface area contributed by atoms with Crippen molar-refractivity contribution in [2.45, 2.75) is 0 Å². The van der Waals surface area contributed by atoms with Crippen LogP contribution in [-0.4, -0.2) is 21.2 Å². The molecule has 1 aromatic carbocycles. The van der Waals surface area contributed by atoms with Crippen molar-refractivity contribution in [3.05, 3.63) is 52.8 Å². The quantitative estimate of drug-likeness (QED) is 0.692. The molecular formula is C14H8ClN3OS. The van der Waals surface area contributed by atoms with Gasteiger partial charge >= 0.3 is 0 Å². The fourth-order valence-electron chi connectivity index (χ4n) is 1.81. The number of hydrogen-bond donors (Lipinski definition) is 0. The topological polar surface area (TPSA) is 55.7 Å². The van der Waals surface area contributed by atoms with Gasteiger partial charge in [0.2, 0.25) is 0 Å². The smallest absolute Gasteiger partial charge is 0.188 e. The third-order valence-corrected chi connectivity index (χ3v) is 3.73. The number of carbonyl (C=O) groups excluding carboxylic acids is 1. The number of aromatic nitrogens is 3. The van der Waals surface area contributed by atoms with E-state index in [4.69, 9.17) is 11.6 Å². The Labute approximate surface area is 124 Å². The summed E-state index contributed by atoms with van der Waals surface area (Å²) < 4.78 is 0. The van der Waals surface area contributed by atoms with Gasteiger partial charge in [-0.25, -0.2) is 15.0 Å². The third kappa shape index (κ3) is 2.45. The lowest BCUT2D eigenvalue weighted by atomic mass is 10.0. The molecule has 6 heteroatoms. The van der Waals surface area contributed by atoms with Crippen LogP contribution in [0.25, 0.3) is 22.0 Å². The molecule has 0 aliphatic heterocycles. The summed E-state index contributed by atoms with van der Waals surface area (Å²) >= 11 is 7.36. The molecule has 0 spiro atoms. The van der Waals surface area contributed by atoms with Crippen molar-refractivity contribution < 1.29 is 4.79 Å². The van der Waals surface area contributed by atoms with Gasteiger partial charge in [-0.15, -0.1) is 11.3 Å². The second-order valence-corrected chi connectivity index (χ2v) is 5.31. The Hall–Kier alpha value is -2.11. The van der Waals surface area contributed by atoms with Crippen LogP contribution in [0.15, 0.2) is 42.2 Å². The number of benzene rings is 1. The Bertz CT molecular complexity index is 742. The molecule has 0 bridgehead atoms. The van der Waals surface area contributed by atoms with Crippen molar-refractivity contribution in [1.29, 1.82) is 0 Å². The largest absolute Gasteiger partial charge is 0.298 e. The number of carbonyl (C=O) groups is 1. The van der Waals surface area contributed by atoms with Crippen molar-refractivity contribution in [2.75, 3.05) is 0 Å². The highest BCUT2D eigenvalue weighted by atomic mass is 35.5. The van der Waals surface area contributed by atoms with Crippen LogP contribution in [-0.2, 0) is 0 Å². The molecule has 3 rings (SSSR count). The van der Waals surface area contributed by atoms with E-state index < -0.39 is 0 Å². The number of halogens is 1. The molecule has 0 atom stereocenters. The molecule has 0 aliphatic rings. The molecule has 2 aromatic heterocycles. The van der Waals surface area contributed by atoms with Gasteiger partial charge < -0.3 is 0 Å². The van der Waals surface area contributed by atoms with E-state index in [1.54, 1.807) is 36.8 Å².